The summed E-state index contributed by atoms with van der Waals surface area (Å²) in [5, 5.41) is 14.1. The van der Waals surface area contributed by atoms with Crippen LogP contribution in [0, 0.1) is 0 Å². The number of fused-ring (bicyclic) bond motifs is 3. The van der Waals surface area contributed by atoms with Crippen molar-refractivity contribution in [1.82, 2.24) is 24.8 Å². The largest absolute Gasteiger partial charge is 0.444 e. The monoisotopic (exact) mass is 497 g/mol. The molecule has 3 heterocycles. The van der Waals surface area contributed by atoms with Crippen molar-refractivity contribution in [2.24, 2.45) is 0 Å². The molecule has 1 saturated carbocycles. The first kappa shape index (κ1) is 23.9. The molecule has 0 spiro atoms. The zero-order valence-corrected chi connectivity index (χ0v) is 21.5. The molecule has 1 aliphatic heterocycles. The Balaban J connectivity index is 1.42. The van der Waals surface area contributed by atoms with Crippen molar-refractivity contribution in [2.45, 2.75) is 90.3 Å². The van der Waals surface area contributed by atoms with E-state index in [1.165, 1.54) is 0 Å². The molecular weight excluding hydrogens is 466 g/mol. The lowest BCUT2D eigenvalue weighted by atomic mass is 9.80. The maximum atomic E-state index is 13.0. The predicted molar refractivity (Wildman–Crippen MR) is 132 cm³/mol. The Morgan fingerprint density at radius 1 is 1.11 bits per heavy atom. The first-order valence-corrected chi connectivity index (χ1v) is 12.8. The number of ether oxygens (including phenoxy) is 1. The minimum Gasteiger partial charge on any atom is -0.444 e. The highest BCUT2D eigenvalue weighted by Crippen LogP contribution is 2.41. The SMILES string of the molecule is CCc1cc(C2CCC(c3nnc4n3-c3ccc(Cl)cc3CN(C(=O)OC(C)(C)C)C4)CC2)no1. The molecule has 1 aliphatic carbocycles. The highest BCUT2D eigenvalue weighted by Gasteiger charge is 2.33. The van der Waals surface area contributed by atoms with Gasteiger partial charge < -0.3 is 9.26 Å². The molecule has 186 valence electrons. The number of aryl methyl sites for hydroxylation is 1. The van der Waals surface area contributed by atoms with Crippen LogP contribution >= 0.6 is 11.6 Å². The molecule has 5 rings (SSSR count). The molecule has 0 atom stereocenters. The van der Waals surface area contributed by atoms with E-state index in [-0.39, 0.29) is 12.0 Å². The van der Waals surface area contributed by atoms with Crippen LogP contribution in [0.5, 0.6) is 0 Å². The second kappa shape index (κ2) is 9.30. The lowest BCUT2D eigenvalue weighted by Gasteiger charge is -2.27. The number of carbonyl (C=O) groups is 1. The Morgan fingerprint density at radius 2 is 1.86 bits per heavy atom. The van der Waals surface area contributed by atoms with Gasteiger partial charge in [-0.2, -0.15) is 0 Å². The number of hydrogen-bond acceptors (Lipinski definition) is 6. The summed E-state index contributed by atoms with van der Waals surface area (Å²) >= 11 is 6.35. The molecular formula is C26H32ClN5O3. The molecule has 0 N–H and O–H groups in total. The summed E-state index contributed by atoms with van der Waals surface area (Å²) in [6.45, 7) is 8.40. The lowest BCUT2D eigenvalue weighted by Crippen LogP contribution is -2.35. The number of hydrogen-bond donors (Lipinski definition) is 0. The average Bonchev–Trinajstić information content (AvgIpc) is 3.42. The van der Waals surface area contributed by atoms with Gasteiger partial charge in [-0.05, 0) is 70.2 Å². The van der Waals surface area contributed by atoms with E-state index in [0.29, 0.717) is 24.0 Å². The number of aromatic nitrogens is 4. The molecule has 1 aromatic carbocycles. The van der Waals surface area contributed by atoms with Crippen LogP contribution in [-0.4, -0.2) is 36.5 Å². The summed E-state index contributed by atoms with van der Waals surface area (Å²) < 4.78 is 13.2. The van der Waals surface area contributed by atoms with E-state index in [9.17, 15) is 4.79 Å². The van der Waals surface area contributed by atoms with Crippen LogP contribution in [0.4, 0.5) is 4.79 Å². The van der Waals surface area contributed by atoms with Gasteiger partial charge in [0.15, 0.2) is 5.82 Å². The van der Waals surface area contributed by atoms with E-state index >= 15 is 0 Å². The number of rotatable bonds is 3. The molecule has 2 aliphatic rings. The van der Waals surface area contributed by atoms with Crippen LogP contribution in [0.25, 0.3) is 5.69 Å². The maximum Gasteiger partial charge on any atom is 0.411 e. The predicted octanol–water partition coefficient (Wildman–Crippen LogP) is 6.16. The van der Waals surface area contributed by atoms with E-state index in [4.69, 9.17) is 20.9 Å². The Morgan fingerprint density at radius 3 is 2.54 bits per heavy atom. The standard InChI is InChI=1S/C26H32ClN5O3/c1-5-20-13-21(30-35-20)16-6-8-17(9-7-16)24-29-28-23-15-31(25(33)34-26(2,3)4)14-18-12-19(27)10-11-22(18)32(23)24/h10-13,16-17H,5-9,14-15H2,1-4H3. The van der Waals surface area contributed by atoms with E-state index in [2.05, 4.69) is 32.9 Å². The van der Waals surface area contributed by atoms with Gasteiger partial charge in [-0.15, -0.1) is 10.2 Å². The van der Waals surface area contributed by atoms with E-state index in [0.717, 1.165) is 66.5 Å². The second-order valence-electron chi connectivity index (χ2n) is 10.5. The summed E-state index contributed by atoms with van der Waals surface area (Å²) in [6, 6.07) is 7.89. The van der Waals surface area contributed by atoms with Gasteiger partial charge in [0.2, 0.25) is 0 Å². The highest BCUT2D eigenvalue weighted by molar-refractivity contribution is 6.30. The smallest absolute Gasteiger partial charge is 0.411 e. The number of nitrogens with zero attached hydrogens (tertiary/aromatic N) is 5. The quantitative estimate of drug-likeness (QED) is 0.430. The zero-order chi connectivity index (χ0) is 24.7. The topological polar surface area (TPSA) is 86.3 Å². The third kappa shape index (κ3) is 4.94. The van der Waals surface area contributed by atoms with Gasteiger partial charge in [-0.25, -0.2) is 4.79 Å². The molecule has 3 aromatic rings. The zero-order valence-electron chi connectivity index (χ0n) is 20.8. The average molecular weight is 498 g/mol. The fourth-order valence-electron chi connectivity index (χ4n) is 5.08. The lowest BCUT2D eigenvalue weighted by molar-refractivity contribution is 0.0214. The van der Waals surface area contributed by atoms with Crippen LogP contribution in [0.2, 0.25) is 5.02 Å². The van der Waals surface area contributed by atoms with Gasteiger partial charge in [-0.1, -0.05) is 23.7 Å². The van der Waals surface area contributed by atoms with Crippen molar-refractivity contribution in [3.05, 3.63) is 58.0 Å². The van der Waals surface area contributed by atoms with Gasteiger partial charge in [0.05, 0.1) is 24.5 Å². The van der Waals surface area contributed by atoms with Crippen molar-refractivity contribution < 1.29 is 14.1 Å². The number of benzene rings is 1. The van der Waals surface area contributed by atoms with Gasteiger partial charge in [0.1, 0.15) is 17.2 Å². The summed E-state index contributed by atoms with van der Waals surface area (Å²) in [6.07, 6.45) is 4.53. The van der Waals surface area contributed by atoms with E-state index in [1.807, 2.05) is 39.0 Å². The fourth-order valence-corrected chi connectivity index (χ4v) is 5.28. The summed E-state index contributed by atoms with van der Waals surface area (Å²) in [7, 11) is 0. The third-order valence-electron chi connectivity index (χ3n) is 6.82. The van der Waals surface area contributed by atoms with Crippen molar-refractivity contribution in [2.75, 3.05) is 0 Å². The molecule has 35 heavy (non-hydrogen) atoms. The summed E-state index contributed by atoms with van der Waals surface area (Å²) in [5.41, 5.74) is 2.40. The Hall–Kier alpha value is -2.87. The van der Waals surface area contributed by atoms with E-state index < -0.39 is 5.60 Å². The molecule has 0 saturated heterocycles. The van der Waals surface area contributed by atoms with Gasteiger partial charge >= 0.3 is 6.09 Å². The van der Waals surface area contributed by atoms with Crippen LogP contribution in [0.3, 0.4) is 0 Å². The van der Waals surface area contributed by atoms with Crippen molar-refractivity contribution in [1.29, 1.82) is 0 Å². The van der Waals surface area contributed by atoms with E-state index in [1.54, 1.807) is 4.90 Å². The number of amides is 1. The Kier molecular flexibility index (Phi) is 6.34. The number of carbonyl (C=O) groups excluding carboxylic acids is 1. The normalized spacial score (nSPS) is 20.2. The first-order chi connectivity index (χ1) is 16.7. The minimum atomic E-state index is -0.584. The Bertz CT molecular complexity index is 1220. The highest BCUT2D eigenvalue weighted by atomic mass is 35.5. The molecule has 1 fully saturated rings. The van der Waals surface area contributed by atoms with Crippen LogP contribution < -0.4 is 0 Å². The first-order valence-electron chi connectivity index (χ1n) is 12.4. The van der Waals surface area contributed by atoms with Gasteiger partial charge in [0.25, 0.3) is 0 Å². The molecule has 0 unspecified atom stereocenters. The summed E-state index contributed by atoms with van der Waals surface area (Å²) in [5.74, 6) is 3.31. The molecule has 9 heteroatoms. The summed E-state index contributed by atoms with van der Waals surface area (Å²) in [4.78, 5) is 14.6. The molecule has 0 bridgehead atoms. The fraction of sp³-hybridized carbons (Fsp3) is 0.538. The van der Waals surface area contributed by atoms with Crippen LogP contribution in [0.1, 0.15) is 93.9 Å². The Labute approximate surface area is 210 Å². The van der Waals surface area contributed by atoms with Crippen molar-refractivity contribution in [3.8, 4) is 5.69 Å². The van der Waals surface area contributed by atoms with Gasteiger partial charge in [0, 0.05) is 29.3 Å². The third-order valence-corrected chi connectivity index (χ3v) is 7.05. The second-order valence-corrected chi connectivity index (χ2v) is 11.0. The number of halogens is 1. The van der Waals surface area contributed by atoms with Crippen LogP contribution in [0.15, 0.2) is 28.8 Å². The van der Waals surface area contributed by atoms with Crippen LogP contribution in [-0.2, 0) is 24.2 Å². The molecule has 1 amide bonds. The molecule has 8 nitrogen and oxygen atoms in total. The minimum absolute atomic E-state index is 0.279. The van der Waals surface area contributed by atoms with Crippen molar-refractivity contribution >= 4 is 17.7 Å². The molecule has 2 aromatic heterocycles. The van der Waals surface area contributed by atoms with Crippen molar-refractivity contribution in [3.63, 3.8) is 0 Å². The maximum absolute atomic E-state index is 13.0. The molecule has 0 radical (unpaired) electrons. The van der Waals surface area contributed by atoms with Gasteiger partial charge in [-0.3, -0.25) is 9.47 Å².